The maximum Gasteiger partial charge on any atom is 0.251 e. The molecular weight excluding hydrogens is 444 g/mol. The Morgan fingerprint density at radius 3 is 2.79 bits per heavy atom. The molecule has 1 aliphatic rings. The molecule has 1 amide bonds. The number of nitrogens with one attached hydrogen (secondary N) is 2. The third-order valence-corrected chi connectivity index (χ3v) is 6.95. The van der Waals surface area contributed by atoms with E-state index in [2.05, 4.69) is 10.0 Å². The quantitative estimate of drug-likeness (QED) is 0.491. The number of hydrogen-bond acceptors (Lipinski definition) is 6. The Morgan fingerprint density at radius 1 is 1.21 bits per heavy atom. The van der Waals surface area contributed by atoms with Crippen molar-refractivity contribution in [2.24, 2.45) is 0 Å². The van der Waals surface area contributed by atoms with Gasteiger partial charge >= 0.3 is 0 Å². The Bertz CT molecular complexity index is 1230. The van der Waals surface area contributed by atoms with Crippen LogP contribution >= 0.6 is 0 Å². The fourth-order valence-corrected chi connectivity index (χ4v) is 4.90. The highest BCUT2D eigenvalue weighted by Crippen LogP contribution is 2.31. The summed E-state index contributed by atoms with van der Waals surface area (Å²) in [6.45, 7) is 5.09. The minimum Gasteiger partial charge on any atom is -0.490 e. The highest BCUT2D eigenvalue weighted by Gasteiger charge is 2.22. The number of fused-ring (bicyclic) bond motifs is 1. The van der Waals surface area contributed by atoms with Crippen molar-refractivity contribution in [3.63, 3.8) is 0 Å². The van der Waals surface area contributed by atoms with Gasteiger partial charge in [-0.1, -0.05) is 18.2 Å². The van der Waals surface area contributed by atoms with E-state index in [1.54, 1.807) is 19.1 Å². The lowest BCUT2D eigenvalue weighted by Crippen LogP contribution is -2.32. The number of para-hydroxylation sites is 1. The van der Waals surface area contributed by atoms with E-state index in [1.807, 2.05) is 31.2 Å². The number of rotatable bonds is 9. The van der Waals surface area contributed by atoms with E-state index in [0.717, 1.165) is 18.2 Å². The molecule has 2 unspecified atom stereocenters. The standard InChI is InChI=1S/C24H28N2O6S/c1-3-30-21-11-5-7-17-14-22(32-23(17)21)16(2)26-24(27)18-8-4-10-20(13-18)33(28,29)25-15-19-9-6-12-31-19/h4-5,7-8,10-11,13-14,16,19,25H,3,6,9,12,15H2,1-2H3,(H,26,27). The molecule has 1 aromatic heterocycles. The van der Waals surface area contributed by atoms with Crippen molar-refractivity contribution in [1.82, 2.24) is 10.0 Å². The van der Waals surface area contributed by atoms with Crippen molar-refractivity contribution >= 4 is 26.9 Å². The van der Waals surface area contributed by atoms with Gasteiger partial charge in [-0.3, -0.25) is 4.79 Å². The summed E-state index contributed by atoms with van der Waals surface area (Å²) in [7, 11) is -3.75. The van der Waals surface area contributed by atoms with Gasteiger partial charge in [0.05, 0.1) is 23.6 Å². The fourth-order valence-electron chi connectivity index (χ4n) is 3.79. The molecule has 1 saturated heterocycles. The van der Waals surface area contributed by atoms with Crippen molar-refractivity contribution in [2.75, 3.05) is 19.8 Å². The molecule has 176 valence electrons. The molecule has 2 heterocycles. The Labute approximate surface area is 193 Å². The van der Waals surface area contributed by atoms with Crippen LogP contribution in [-0.2, 0) is 14.8 Å². The summed E-state index contributed by atoms with van der Waals surface area (Å²) in [5.41, 5.74) is 0.869. The largest absolute Gasteiger partial charge is 0.490 e. The first kappa shape index (κ1) is 23.3. The van der Waals surface area contributed by atoms with Crippen molar-refractivity contribution in [3.8, 4) is 5.75 Å². The van der Waals surface area contributed by atoms with E-state index in [4.69, 9.17) is 13.9 Å². The number of carbonyl (C=O) groups is 1. The third kappa shape index (κ3) is 5.38. The summed E-state index contributed by atoms with van der Waals surface area (Å²) in [5, 5.41) is 3.75. The first-order chi connectivity index (χ1) is 15.9. The smallest absolute Gasteiger partial charge is 0.251 e. The number of furan rings is 1. The van der Waals surface area contributed by atoms with Crippen LogP contribution in [0.2, 0.25) is 0 Å². The Hall–Kier alpha value is -2.88. The molecule has 1 aliphatic heterocycles. The molecule has 8 nitrogen and oxygen atoms in total. The zero-order chi connectivity index (χ0) is 23.4. The van der Waals surface area contributed by atoms with Gasteiger partial charge in [0.15, 0.2) is 11.3 Å². The van der Waals surface area contributed by atoms with Gasteiger partial charge in [0.25, 0.3) is 5.91 Å². The molecule has 3 aromatic rings. The molecule has 0 aliphatic carbocycles. The average Bonchev–Trinajstić information content (AvgIpc) is 3.48. The lowest BCUT2D eigenvalue weighted by Gasteiger charge is -2.13. The summed E-state index contributed by atoms with van der Waals surface area (Å²) in [5.74, 6) is 0.824. The van der Waals surface area contributed by atoms with Gasteiger partial charge in [-0.2, -0.15) is 0 Å². The number of hydrogen-bond donors (Lipinski definition) is 2. The van der Waals surface area contributed by atoms with E-state index < -0.39 is 22.0 Å². The lowest BCUT2D eigenvalue weighted by atomic mass is 10.1. The molecule has 33 heavy (non-hydrogen) atoms. The predicted molar refractivity (Wildman–Crippen MR) is 124 cm³/mol. The molecule has 2 aromatic carbocycles. The summed E-state index contributed by atoms with van der Waals surface area (Å²) in [6, 6.07) is 13.0. The van der Waals surface area contributed by atoms with Crippen LogP contribution in [0.25, 0.3) is 11.0 Å². The van der Waals surface area contributed by atoms with Crippen LogP contribution in [0.15, 0.2) is 57.8 Å². The number of carbonyl (C=O) groups excluding carboxylic acids is 1. The highest BCUT2D eigenvalue weighted by molar-refractivity contribution is 7.89. The zero-order valence-electron chi connectivity index (χ0n) is 18.7. The molecule has 0 saturated carbocycles. The monoisotopic (exact) mass is 472 g/mol. The number of sulfonamides is 1. The summed E-state index contributed by atoms with van der Waals surface area (Å²) >= 11 is 0. The van der Waals surface area contributed by atoms with Crippen LogP contribution in [0.1, 0.15) is 48.8 Å². The Morgan fingerprint density at radius 2 is 2.03 bits per heavy atom. The molecule has 9 heteroatoms. The van der Waals surface area contributed by atoms with Crippen LogP contribution in [0, 0.1) is 0 Å². The van der Waals surface area contributed by atoms with Crippen LogP contribution in [-0.4, -0.2) is 40.2 Å². The zero-order valence-corrected chi connectivity index (χ0v) is 19.5. The van der Waals surface area contributed by atoms with Crippen LogP contribution in [0.5, 0.6) is 5.75 Å². The third-order valence-electron chi connectivity index (χ3n) is 5.53. The topological polar surface area (TPSA) is 107 Å². The summed E-state index contributed by atoms with van der Waals surface area (Å²) in [4.78, 5) is 12.9. The van der Waals surface area contributed by atoms with E-state index in [-0.39, 0.29) is 23.1 Å². The molecule has 1 fully saturated rings. The molecule has 0 radical (unpaired) electrons. The molecule has 0 bridgehead atoms. The molecular formula is C24H28N2O6S. The van der Waals surface area contributed by atoms with Gasteiger partial charge in [-0.15, -0.1) is 0 Å². The SMILES string of the molecule is CCOc1cccc2cc(C(C)NC(=O)c3cccc(S(=O)(=O)NCC4CCCO4)c3)oc12. The second-order valence-electron chi connectivity index (χ2n) is 7.97. The van der Waals surface area contributed by atoms with Crippen molar-refractivity contribution in [1.29, 1.82) is 0 Å². The first-order valence-corrected chi connectivity index (χ1v) is 12.5. The van der Waals surface area contributed by atoms with Gasteiger partial charge < -0.3 is 19.2 Å². The van der Waals surface area contributed by atoms with Crippen molar-refractivity contribution < 1.29 is 27.1 Å². The normalized spacial score (nSPS) is 17.2. The second-order valence-corrected chi connectivity index (χ2v) is 9.73. The maximum absolute atomic E-state index is 12.8. The number of ether oxygens (including phenoxy) is 2. The summed E-state index contributed by atoms with van der Waals surface area (Å²) in [6.07, 6.45) is 1.65. The van der Waals surface area contributed by atoms with E-state index in [9.17, 15) is 13.2 Å². The Balaban J connectivity index is 1.46. The van der Waals surface area contributed by atoms with Crippen molar-refractivity contribution in [3.05, 3.63) is 59.9 Å². The van der Waals surface area contributed by atoms with Crippen LogP contribution < -0.4 is 14.8 Å². The maximum atomic E-state index is 12.8. The van der Waals surface area contributed by atoms with Gasteiger partial charge in [-0.05, 0) is 57.0 Å². The van der Waals surface area contributed by atoms with Crippen LogP contribution in [0.4, 0.5) is 0 Å². The van der Waals surface area contributed by atoms with Crippen LogP contribution in [0.3, 0.4) is 0 Å². The lowest BCUT2D eigenvalue weighted by molar-refractivity contribution is 0.0935. The minimum absolute atomic E-state index is 0.0332. The number of amides is 1. The fraction of sp³-hybridized carbons (Fsp3) is 0.375. The van der Waals surface area contributed by atoms with E-state index >= 15 is 0 Å². The molecule has 4 rings (SSSR count). The Kier molecular flexibility index (Phi) is 7.02. The first-order valence-electron chi connectivity index (χ1n) is 11.0. The highest BCUT2D eigenvalue weighted by atomic mass is 32.2. The van der Waals surface area contributed by atoms with Gasteiger partial charge in [0, 0.05) is 24.1 Å². The van der Waals surface area contributed by atoms with Crippen molar-refractivity contribution in [2.45, 2.75) is 43.7 Å². The van der Waals surface area contributed by atoms with Gasteiger partial charge in [0.1, 0.15) is 5.76 Å². The molecule has 0 spiro atoms. The molecule has 2 atom stereocenters. The molecule has 2 N–H and O–H groups in total. The van der Waals surface area contributed by atoms with Gasteiger partial charge in [-0.25, -0.2) is 13.1 Å². The van der Waals surface area contributed by atoms with E-state index in [0.29, 0.717) is 30.3 Å². The van der Waals surface area contributed by atoms with Gasteiger partial charge in [0.2, 0.25) is 10.0 Å². The minimum atomic E-state index is -3.75. The van der Waals surface area contributed by atoms with E-state index in [1.165, 1.54) is 12.1 Å². The number of benzene rings is 2. The average molecular weight is 473 g/mol. The predicted octanol–water partition coefficient (Wildman–Crippen LogP) is 3.78. The second kappa shape index (κ2) is 9.94. The summed E-state index contributed by atoms with van der Waals surface area (Å²) < 4.78 is 44.9.